The number of benzene rings is 1. The number of aliphatic hydroxyl groups is 1. The molecule has 1 aromatic rings. The molecule has 0 fully saturated rings. The second kappa shape index (κ2) is 5.88. The Bertz CT molecular complexity index is 324. The number of carbonyl (C=O) groups excluding carboxylic acids is 1. The van der Waals surface area contributed by atoms with E-state index >= 15 is 0 Å². The van der Waals surface area contributed by atoms with Gasteiger partial charge in [0.15, 0.2) is 0 Å². The Kier molecular flexibility index (Phi) is 4.78. The maximum Gasteiger partial charge on any atom is 0.238 e. The molecule has 0 bridgehead atoms. The van der Waals surface area contributed by atoms with Crippen molar-refractivity contribution in [2.45, 2.75) is 24.8 Å². The van der Waals surface area contributed by atoms with Crippen molar-refractivity contribution in [1.82, 2.24) is 0 Å². The van der Waals surface area contributed by atoms with Crippen LogP contribution >= 0.6 is 15.9 Å². The van der Waals surface area contributed by atoms with E-state index in [9.17, 15) is 4.79 Å². The molecule has 0 saturated heterocycles. The monoisotopic (exact) mass is 271 g/mol. The topological polar surface area (TPSA) is 49.3 Å². The number of hydrogen-bond acceptors (Lipinski definition) is 2. The Hall–Kier alpha value is -0.870. The zero-order chi connectivity index (χ0) is 11.3. The summed E-state index contributed by atoms with van der Waals surface area (Å²) in [5, 5.41) is 11.6. The molecular formula is C11H14BrNO2. The molecule has 0 aliphatic heterocycles. The average Bonchev–Trinajstić information content (AvgIpc) is 2.29. The molecule has 0 aliphatic rings. The van der Waals surface area contributed by atoms with Gasteiger partial charge in [0.1, 0.15) is 0 Å². The molecule has 0 aromatic heterocycles. The lowest BCUT2D eigenvalue weighted by Gasteiger charge is -2.08. The van der Waals surface area contributed by atoms with E-state index < -0.39 is 0 Å². The van der Waals surface area contributed by atoms with Gasteiger partial charge in [0.25, 0.3) is 0 Å². The summed E-state index contributed by atoms with van der Waals surface area (Å²) in [4.78, 5) is 11.3. The highest BCUT2D eigenvalue weighted by atomic mass is 79.9. The molecule has 1 amide bonds. The van der Waals surface area contributed by atoms with Crippen LogP contribution in [0.1, 0.15) is 18.9 Å². The van der Waals surface area contributed by atoms with E-state index in [0.717, 1.165) is 17.7 Å². The van der Waals surface area contributed by atoms with Crippen molar-refractivity contribution in [2.75, 3.05) is 5.32 Å². The van der Waals surface area contributed by atoms with Crippen LogP contribution < -0.4 is 5.32 Å². The van der Waals surface area contributed by atoms with Gasteiger partial charge in [-0.2, -0.15) is 0 Å². The first-order valence-electron chi connectivity index (χ1n) is 4.82. The van der Waals surface area contributed by atoms with E-state index in [1.54, 1.807) is 24.3 Å². The van der Waals surface area contributed by atoms with Crippen molar-refractivity contribution in [1.29, 1.82) is 0 Å². The highest BCUT2D eigenvalue weighted by Crippen LogP contribution is 2.12. The van der Waals surface area contributed by atoms with Crippen LogP contribution in [0.15, 0.2) is 24.3 Å². The Labute approximate surface area is 97.6 Å². The minimum absolute atomic E-state index is 0.0181. The zero-order valence-electron chi connectivity index (χ0n) is 8.53. The number of amides is 1. The van der Waals surface area contributed by atoms with Crippen molar-refractivity contribution in [2.24, 2.45) is 0 Å². The van der Waals surface area contributed by atoms with Crippen LogP contribution in [0, 0.1) is 0 Å². The van der Waals surface area contributed by atoms with Crippen molar-refractivity contribution >= 4 is 27.5 Å². The van der Waals surface area contributed by atoms with Gasteiger partial charge >= 0.3 is 0 Å². The fourth-order valence-electron chi connectivity index (χ4n) is 1.10. The lowest BCUT2D eigenvalue weighted by atomic mass is 10.2. The van der Waals surface area contributed by atoms with E-state index in [0.29, 0.717) is 0 Å². The van der Waals surface area contributed by atoms with E-state index in [4.69, 9.17) is 5.11 Å². The summed E-state index contributed by atoms with van der Waals surface area (Å²) >= 11 is 3.28. The summed E-state index contributed by atoms with van der Waals surface area (Å²) in [5.74, 6) is -0.0470. The number of nitrogens with one attached hydrogen (secondary N) is 1. The summed E-state index contributed by atoms with van der Waals surface area (Å²) in [6.07, 6.45) is 0.751. The third-order valence-corrected chi connectivity index (χ3v) is 3.11. The lowest BCUT2D eigenvalue weighted by molar-refractivity contribution is -0.115. The number of hydrogen-bond donors (Lipinski definition) is 2. The minimum atomic E-state index is -0.157. The predicted molar refractivity (Wildman–Crippen MR) is 64.0 cm³/mol. The molecule has 15 heavy (non-hydrogen) atoms. The van der Waals surface area contributed by atoms with Crippen LogP contribution in [0.5, 0.6) is 0 Å². The van der Waals surface area contributed by atoms with Crippen molar-refractivity contribution in [3.63, 3.8) is 0 Å². The van der Waals surface area contributed by atoms with Gasteiger partial charge in [-0.1, -0.05) is 35.0 Å². The minimum Gasteiger partial charge on any atom is -0.392 e. The van der Waals surface area contributed by atoms with Gasteiger partial charge in [0, 0.05) is 5.69 Å². The predicted octanol–water partition coefficient (Wildman–Crippen LogP) is 2.29. The molecule has 1 unspecified atom stereocenters. The number of aliphatic hydroxyl groups excluding tert-OH is 1. The van der Waals surface area contributed by atoms with Crippen LogP contribution in [-0.2, 0) is 11.4 Å². The second-order valence-corrected chi connectivity index (χ2v) is 4.33. The van der Waals surface area contributed by atoms with Crippen LogP contribution in [0.2, 0.25) is 0 Å². The van der Waals surface area contributed by atoms with Gasteiger partial charge < -0.3 is 10.4 Å². The maximum absolute atomic E-state index is 11.5. The highest BCUT2D eigenvalue weighted by molar-refractivity contribution is 9.10. The third kappa shape index (κ3) is 3.64. The summed E-state index contributed by atoms with van der Waals surface area (Å²) < 4.78 is 0. The number of carbonyl (C=O) groups is 1. The summed E-state index contributed by atoms with van der Waals surface area (Å²) in [5.41, 5.74) is 1.58. The number of halogens is 1. The van der Waals surface area contributed by atoms with Crippen LogP contribution in [0.4, 0.5) is 5.69 Å². The van der Waals surface area contributed by atoms with Gasteiger partial charge in [-0.05, 0) is 24.1 Å². The maximum atomic E-state index is 11.5. The van der Waals surface area contributed by atoms with E-state index in [2.05, 4.69) is 21.2 Å². The molecule has 1 atom stereocenters. The van der Waals surface area contributed by atoms with E-state index in [-0.39, 0.29) is 17.3 Å². The molecule has 4 heteroatoms. The van der Waals surface area contributed by atoms with Gasteiger partial charge in [-0.3, -0.25) is 4.79 Å². The third-order valence-electron chi connectivity index (χ3n) is 2.05. The van der Waals surface area contributed by atoms with Crippen LogP contribution in [0.3, 0.4) is 0 Å². The molecule has 0 heterocycles. The summed E-state index contributed by atoms with van der Waals surface area (Å²) in [7, 11) is 0. The van der Waals surface area contributed by atoms with Crippen LogP contribution in [-0.4, -0.2) is 15.8 Å². The molecule has 0 saturated carbocycles. The molecule has 1 aromatic carbocycles. The Morgan fingerprint density at radius 2 is 2.07 bits per heavy atom. The number of rotatable bonds is 4. The molecular weight excluding hydrogens is 258 g/mol. The first-order valence-corrected chi connectivity index (χ1v) is 5.73. The molecule has 2 N–H and O–H groups in total. The fraction of sp³-hybridized carbons (Fsp3) is 0.364. The molecule has 0 radical (unpaired) electrons. The van der Waals surface area contributed by atoms with E-state index in [1.807, 2.05) is 6.92 Å². The van der Waals surface area contributed by atoms with Gasteiger partial charge in [-0.15, -0.1) is 0 Å². The van der Waals surface area contributed by atoms with Gasteiger partial charge in [0.2, 0.25) is 5.91 Å². The Morgan fingerprint density at radius 3 is 2.53 bits per heavy atom. The smallest absolute Gasteiger partial charge is 0.238 e. The standard InChI is InChI=1S/C11H14BrNO2/c1-2-10(12)11(15)13-9-5-3-8(7-14)4-6-9/h3-6,10,14H,2,7H2,1H3,(H,13,15). The van der Waals surface area contributed by atoms with Crippen molar-refractivity contribution in [3.8, 4) is 0 Å². The Balaban J connectivity index is 2.61. The van der Waals surface area contributed by atoms with Gasteiger partial charge in [0.05, 0.1) is 11.4 Å². The molecule has 82 valence electrons. The fourth-order valence-corrected chi connectivity index (χ4v) is 1.21. The van der Waals surface area contributed by atoms with Gasteiger partial charge in [-0.25, -0.2) is 0 Å². The largest absolute Gasteiger partial charge is 0.392 e. The molecule has 0 aliphatic carbocycles. The highest BCUT2D eigenvalue weighted by Gasteiger charge is 2.11. The normalized spacial score (nSPS) is 12.2. The van der Waals surface area contributed by atoms with E-state index in [1.165, 1.54) is 0 Å². The number of anilines is 1. The summed E-state index contributed by atoms with van der Waals surface area (Å²) in [6, 6.07) is 7.12. The second-order valence-electron chi connectivity index (χ2n) is 3.22. The van der Waals surface area contributed by atoms with Crippen molar-refractivity contribution in [3.05, 3.63) is 29.8 Å². The molecule has 0 spiro atoms. The molecule has 3 nitrogen and oxygen atoms in total. The van der Waals surface area contributed by atoms with Crippen molar-refractivity contribution < 1.29 is 9.90 Å². The summed E-state index contributed by atoms with van der Waals surface area (Å²) in [6.45, 7) is 1.96. The number of alkyl halides is 1. The van der Waals surface area contributed by atoms with Crippen LogP contribution in [0.25, 0.3) is 0 Å². The zero-order valence-corrected chi connectivity index (χ0v) is 10.1. The molecule has 1 rings (SSSR count). The Morgan fingerprint density at radius 1 is 1.47 bits per heavy atom. The average molecular weight is 272 g/mol. The first-order chi connectivity index (χ1) is 7.17. The lowest BCUT2D eigenvalue weighted by Crippen LogP contribution is -2.21. The quantitative estimate of drug-likeness (QED) is 0.826. The first kappa shape index (κ1) is 12.2. The SMILES string of the molecule is CCC(Br)C(=O)Nc1ccc(CO)cc1.